The van der Waals surface area contributed by atoms with E-state index in [0.29, 0.717) is 11.1 Å². The van der Waals surface area contributed by atoms with Crippen molar-refractivity contribution >= 4 is 5.78 Å². The number of aromatic nitrogens is 2. The first-order valence-electron chi connectivity index (χ1n) is 13.9. The van der Waals surface area contributed by atoms with Gasteiger partial charge in [-0.25, -0.2) is 4.98 Å². The molecule has 0 saturated heterocycles. The van der Waals surface area contributed by atoms with Crippen molar-refractivity contribution in [2.75, 3.05) is 0 Å². The van der Waals surface area contributed by atoms with Crippen molar-refractivity contribution in [1.82, 2.24) is 9.55 Å². The van der Waals surface area contributed by atoms with Gasteiger partial charge >= 0.3 is 0 Å². The highest BCUT2D eigenvalue weighted by atomic mass is 16.1. The molecule has 0 atom stereocenters. The number of pyridine rings is 1. The Hall–Kier alpha value is -5.02. The van der Waals surface area contributed by atoms with Crippen LogP contribution in [0.1, 0.15) is 38.2 Å². The van der Waals surface area contributed by atoms with Crippen LogP contribution in [0, 0.1) is 27.7 Å². The zero-order chi connectivity index (χ0) is 28.5. The van der Waals surface area contributed by atoms with E-state index in [-0.39, 0.29) is 5.78 Å². The van der Waals surface area contributed by atoms with Gasteiger partial charge in [-0.15, -0.1) is 0 Å². The van der Waals surface area contributed by atoms with E-state index in [1.807, 2.05) is 74.5 Å². The van der Waals surface area contributed by atoms with Crippen molar-refractivity contribution in [3.8, 4) is 39.5 Å². The van der Waals surface area contributed by atoms with Crippen molar-refractivity contribution in [1.29, 1.82) is 0 Å². The number of aryl methyl sites for hydroxylation is 3. The average molecular weight is 533 g/mol. The highest BCUT2D eigenvalue weighted by Gasteiger charge is 2.25. The molecule has 0 aliphatic heterocycles. The first-order valence-corrected chi connectivity index (χ1v) is 13.9. The molecule has 2 aromatic heterocycles. The Balaban J connectivity index is 1.64. The maximum Gasteiger partial charge on any atom is 0.195 e. The van der Waals surface area contributed by atoms with Crippen LogP contribution in [-0.2, 0) is 0 Å². The van der Waals surface area contributed by atoms with E-state index in [1.54, 1.807) is 0 Å². The molecule has 0 saturated carbocycles. The minimum atomic E-state index is 0.00993. The van der Waals surface area contributed by atoms with E-state index in [1.165, 1.54) is 5.56 Å². The maximum atomic E-state index is 14.1. The topological polar surface area (TPSA) is 34.9 Å². The van der Waals surface area contributed by atoms with Crippen LogP contribution in [0.2, 0.25) is 0 Å². The van der Waals surface area contributed by atoms with Gasteiger partial charge in [-0.05, 0) is 56.0 Å². The van der Waals surface area contributed by atoms with E-state index in [0.717, 1.165) is 56.1 Å². The molecule has 0 aliphatic carbocycles. The molecule has 4 aromatic carbocycles. The van der Waals surface area contributed by atoms with E-state index >= 15 is 0 Å². The van der Waals surface area contributed by atoms with Crippen molar-refractivity contribution in [3.05, 3.63) is 155 Å². The number of hydrogen-bond donors (Lipinski definition) is 0. The third-order valence-electron chi connectivity index (χ3n) is 7.69. The molecule has 0 unspecified atom stereocenters. The third-order valence-corrected chi connectivity index (χ3v) is 7.69. The number of hydrogen-bond acceptors (Lipinski definition) is 2. The van der Waals surface area contributed by atoms with Crippen LogP contribution in [0.4, 0.5) is 0 Å². The molecular formula is C38H32N2O. The van der Waals surface area contributed by atoms with Crippen LogP contribution >= 0.6 is 0 Å². The van der Waals surface area contributed by atoms with Crippen LogP contribution in [0.25, 0.3) is 39.5 Å². The molecule has 0 aliphatic rings. The van der Waals surface area contributed by atoms with Gasteiger partial charge in [-0.3, -0.25) is 9.36 Å². The first kappa shape index (κ1) is 26.2. The largest absolute Gasteiger partial charge is 0.300 e. The SMILES string of the molecule is Cc1ccc(C(=O)c2c(C)cn(-c3nc(-c4ccccc4)cc(-c4ccc(C)cc4)c3C)c2-c2ccccc2)cc1. The Labute approximate surface area is 241 Å². The van der Waals surface area contributed by atoms with Gasteiger partial charge < -0.3 is 0 Å². The van der Waals surface area contributed by atoms with Gasteiger partial charge in [0, 0.05) is 22.9 Å². The zero-order valence-electron chi connectivity index (χ0n) is 23.8. The number of nitrogens with zero attached hydrogens (tertiary/aromatic N) is 2. The number of carbonyl (C=O) groups excluding carboxylic acids is 1. The summed E-state index contributed by atoms with van der Waals surface area (Å²) >= 11 is 0. The molecule has 0 amide bonds. The summed E-state index contributed by atoms with van der Waals surface area (Å²) in [5.41, 5.74) is 11.7. The molecular weight excluding hydrogens is 500 g/mol. The van der Waals surface area contributed by atoms with Crippen LogP contribution < -0.4 is 0 Å². The molecule has 6 rings (SSSR count). The molecule has 3 nitrogen and oxygen atoms in total. The fourth-order valence-electron chi connectivity index (χ4n) is 5.43. The summed E-state index contributed by atoms with van der Waals surface area (Å²) < 4.78 is 2.12. The van der Waals surface area contributed by atoms with Crippen LogP contribution in [0.5, 0.6) is 0 Å². The molecule has 0 radical (unpaired) electrons. The Bertz CT molecular complexity index is 1850. The quantitative estimate of drug-likeness (QED) is 0.200. The van der Waals surface area contributed by atoms with Crippen molar-refractivity contribution in [2.45, 2.75) is 27.7 Å². The van der Waals surface area contributed by atoms with Gasteiger partial charge in [0.1, 0.15) is 5.82 Å². The second kappa shape index (κ2) is 10.9. The lowest BCUT2D eigenvalue weighted by Gasteiger charge is -2.18. The third kappa shape index (κ3) is 5.03. The lowest BCUT2D eigenvalue weighted by molar-refractivity contribution is 0.103. The molecule has 3 heteroatoms. The number of carbonyl (C=O) groups is 1. The Morgan fingerprint density at radius 1 is 0.634 bits per heavy atom. The van der Waals surface area contributed by atoms with Crippen molar-refractivity contribution in [2.24, 2.45) is 0 Å². The number of benzene rings is 4. The van der Waals surface area contributed by atoms with Gasteiger partial charge in [-0.1, -0.05) is 120 Å². The van der Waals surface area contributed by atoms with E-state index in [2.05, 4.69) is 79.2 Å². The first-order chi connectivity index (χ1) is 19.9. The molecule has 200 valence electrons. The maximum absolute atomic E-state index is 14.1. The Morgan fingerprint density at radius 2 is 1.20 bits per heavy atom. The molecule has 6 aromatic rings. The van der Waals surface area contributed by atoms with E-state index in [4.69, 9.17) is 4.98 Å². The predicted octanol–water partition coefficient (Wildman–Crippen LogP) is 9.34. The Kier molecular flexibility index (Phi) is 6.94. The highest BCUT2D eigenvalue weighted by Crippen LogP contribution is 2.37. The van der Waals surface area contributed by atoms with Gasteiger partial charge in [0.2, 0.25) is 0 Å². The summed E-state index contributed by atoms with van der Waals surface area (Å²) in [6.45, 7) is 8.27. The zero-order valence-corrected chi connectivity index (χ0v) is 23.8. The summed E-state index contributed by atoms with van der Waals surface area (Å²) in [5.74, 6) is 0.822. The summed E-state index contributed by atoms with van der Waals surface area (Å²) in [7, 11) is 0. The van der Waals surface area contributed by atoms with Crippen LogP contribution in [-0.4, -0.2) is 15.3 Å². The molecule has 0 spiro atoms. The van der Waals surface area contributed by atoms with Crippen LogP contribution in [0.3, 0.4) is 0 Å². The van der Waals surface area contributed by atoms with E-state index < -0.39 is 0 Å². The van der Waals surface area contributed by atoms with E-state index in [9.17, 15) is 4.79 Å². The van der Waals surface area contributed by atoms with Crippen LogP contribution in [0.15, 0.2) is 121 Å². The molecule has 41 heavy (non-hydrogen) atoms. The van der Waals surface area contributed by atoms with Crippen molar-refractivity contribution in [3.63, 3.8) is 0 Å². The average Bonchev–Trinajstić information content (AvgIpc) is 3.35. The second-order valence-corrected chi connectivity index (χ2v) is 10.7. The van der Waals surface area contributed by atoms with Gasteiger partial charge in [0.15, 0.2) is 5.78 Å². The van der Waals surface area contributed by atoms with Gasteiger partial charge in [-0.2, -0.15) is 0 Å². The highest BCUT2D eigenvalue weighted by molar-refractivity contribution is 6.13. The Morgan fingerprint density at radius 3 is 1.80 bits per heavy atom. The van der Waals surface area contributed by atoms with Gasteiger partial charge in [0.25, 0.3) is 0 Å². The summed E-state index contributed by atoms with van der Waals surface area (Å²) in [5, 5.41) is 0. The summed E-state index contributed by atoms with van der Waals surface area (Å²) in [6, 6.07) is 39.0. The van der Waals surface area contributed by atoms with Crippen molar-refractivity contribution < 1.29 is 4.79 Å². The second-order valence-electron chi connectivity index (χ2n) is 10.7. The number of rotatable bonds is 6. The lowest BCUT2D eigenvalue weighted by Crippen LogP contribution is -2.08. The normalized spacial score (nSPS) is 11.0. The minimum Gasteiger partial charge on any atom is -0.300 e. The molecule has 0 bridgehead atoms. The lowest BCUT2D eigenvalue weighted by atomic mass is 9.96. The monoisotopic (exact) mass is 532 g/mol. The predicted molar refractivity (Wildman–Crippen MR) is 169 cm³/mol. The molecule has 0 N–H and O–H groups in total. The molecule has 2 heterocycles. The molecule has 0 fully saturated rings. The minimum absolute atomic E-state index is 0.00993. The smallest absolute Gasteiger partial charge is 0.195 e. The summed E-state index contributed by atoms with van der Waals surface area (Å²) in [6.07, 6.45) is 2.06. The van der Waals surface area contributed by atoms with Gasteiger partial charge in [0.05, 0.1) is 17.0 Å². The fourth-order valence-corrected chi connectivity index (χ4v) is 5.43. The summed E-state index contributed by atoms with van der Waals surface area (Å²) in [4.78, 5) is 19.3. The standard InChI is InChI=1S/C38H32N2O/c1-25-15-19-29(20-16-25)33-23-34(30-11-7-5-8-12-30)39-38(28(33)4)40-24-27(3)35(36(40)31-13-9-6-10-14-31)37(41)32-21-17-26(2)18-22-32/h5-24H,1-4H3. The number of ketones is 1. The fraction of sp³-hybridized carbons (Fsp3) is 0.105.